The number of amides is 1. The van der Waals surface area contributed by atoms with Gasteiger partial charge in [-0.2, -0.15) is 0 Å². The van der Waals surface area contributed by atoms with E-state index in [1.165, 1.54) is 0 Å². The van der Waals surface area contributed by atoms with Gasteiger partial charge in [0.15, 0.2) is 6.61 Å². The lowest BCUT2D eigenvalue weighted by Gasteiger charge is -2.26. The maximum atomic E-state index is 11.2. The Morgan fingerprint density at radius 2 is 2.31 bits per heavy atom. The highest BCUT2D eigenvalue weighted by atomic mass is 16.5. The first kappa shape index (κ1) is 11.0. The van der Waals surface area contributed by atoms with Gasteiger partial charge < -0.3 is 15.8 Å². The Bertz CT molecular complexity index is 427. The van der Waals surface area contributed by atoms with E-state index in [9.17, 15) is 4.79 Å². The molecule has 0 saturated carbocycles. The number of anilines is 1. The number of hydrogen-bond donors (Lipinski definition) is 2. The van der Waals surface area contributed by atoms with Crippen molar-refractivity contribution in [3.05, 3.63) is 23.8 Å². The quantitative estimate of drug-likeness (QED) is 0.795. The van der Waals surface area contributed by atoms with E-state index in [-0.39, 0.29) is 18.1 Å². The molecule has 0 aromatic heterocycles. The van der Waals surface area contributed by atoms with Crippen LogP contribution in [-0.4, -0.2) is 12.5 Å². The molecule has 0 spiro atoms. The summed E-state index contributed by atoms with van der Waals surface area (Å²) in [5.74, 6) is 0.579. The first-order chi connectivity index (χ1) is 7.53. The Morgan fingerprint density at radius 1 is 1.56 bits per heavy atom. The molecule has 1 aromatic rings. The number of fused-ring (bicyclic) bond motifs is 1. The lowest BCUT2D eigenvalue weighted by molar-refractivity contribution is -0.118. The zero-order valence-corrected chi connectivity index (χ0v) is 9.54. The molecule has 1 unspecified atom stereocenters. The normalized spacial score (nSPS) is 18.1. The molecule has 2 rings (SSSR count). The molecule has 0 saturated heterocycles. The molecule has 1 amide bonds. The Kier molecular flexibility index (Phi) is 2.59. The van der Waals surface area contributed by atoms with Crippen molar-refractivity contribution in [2.75, 3.05) is 11.9 Å². The second kappa shape index (κ2) is 3.79. The van der Waals surface area contributed by atoms with E-state index in [0.29, 0.717) is 11.4 Å². The van der Waals surface area contributed by atoms with Crippen LogP contribution in [0.25, 0.3) is 0 Å². The Morgan fingerprint density at radius 3 is 3.00 bits per heavy atom. The minimum absolute atomic E-state index is 0.0834. The topological polar surface area (TPSA) is 64.3 Å². The van der Waals surface area contributed by atoms with Crippen LogP contribution in [0.4, 0.5) is 5.69 Å². The van der Waals surface area contributed by atoms with Gasteiger partial charge in [0, 0.05) is 5.54 Å². The minimum Gasteiger partial charge on any atom is -0.482 e. The molecule has 1 aliphatic rings. The fourth-order valence-corrected chi connectivity index (χ4v) is 1.64. The summed E-state index contributed by atoms with van der Waals surface area (Å²) in [5.41, 5.74) is 7.48. The second-order valence-electron chi connectivity index (χ2n) is 4.32. The minimum atomic E-state index is -0.378. The molecular formula is C12H16N2O2. The van der Waals surface area contributed by atoms with E-state index < -0.39 is 0 Å². The van der Waals surface area contributed by atoms with E-state index in [1.807, 2.05) is 32.0 Å². The number of nitrogens with two attached hydrogens (primary N) is 1. The average Bonchev–Trinajstić information content (AvgIpc) is 2.28. The second-order valence-corrected chi connectivity index (χ2v) is 4.32. The number of carbonyl (C=O) groups is 1. The third-order valence-corrected chi connectivity index (χ3v) is 3.01. The summed E-state index contributed by atoms with van der Waals surface area (Å²) in [6.45, 7) is 4.09. The Labute approximate surface area is 94.8 Å². The van der Waals surface area contributed by atoms with Crippen molar-refractivity contribution in [1.29, 1.82) is 0 Å². The maximum Gasteiger partial charge on any atom is 0.262 e. The van der Waals surface area contributed by atoms with Crippen LogP contribution in [0.15, 0.2) is 18.2 Å². The molecule has 16 heavy (non-hydrogen) atoms. The van der Waals surface area contributed by atoms with Gasteiger partial charge in [0.05, 0.1) is 5.69 Å². The van der Waals surface area contributed by atoms with Crippen LogP contribution in [0.5, 0.6) is 5.75 Å². The van der Waals surface area contributed by atoms with E-state index >= 15 is 0 Å². The van der Waals surface area contributed by atoms with Gasteiger partial charge in [-0.15, -0.1) is 0 Å². The lowest BCUT2D eigenvalue weighted by atomic mass is 9.90. The van der Waals surface area contributed by atoms with Crippen LogP contribution in [0.2, 0.25) is 0 Å². The third kappa shape index (κ3) is 1.88. The summed E-state index contributed by atoms with van der Waals surface area (Å²) in [7, 11) is 0. The summed E-state index contributed by atoms with van der Waals surface area (Å²) in [6.07, 6.45) is 0.834. The predicted octanol–water partition coefficient (Wildman–Crippen LogP) is 1.60. The van der Waals surface area contributed by atoms with Crippen LogP contribution in [0, 0.1) is 0 Å². The first-order valence-electron chi connectivity index (χ1n) is 5.39. The molecule has 86 valence electrons. The summed E-state index contributed by atoms with van der Waals surface area (Å²) in [4.78, 5) is 11.2. The highest BCUT2D eigenvalue weighted by Crippen LogP contribution is 2.32. The van der Waals surface area contributed by atoms with Gasteiger partial charge in [0.25, 0.3) is 5.91 Å². The fraction of sp³-hybridized carbons (Fsp3) is 0.417. The molecule has 1 aliphatic heterocycles. The fourth-order valence-electron chi connectivity index (χ4n) is 1.64. The maximum absolute atomic E-state index is 11.2. The van der Waals surface area contributed by atoms with Crippen molar-refractivity contribution in [3.8, 4) is 5.75 Å². The van der Waals surface area contributed by atoms with Gasteiger partial charge >= 0.3 is 0 Å². The lowest BCUT2D eigenvalue weighted by Crippen LogP contribution is -2.32. The van der Waals surface area contributed by atoms with Crippen LogP contribution in [0.1, 0.15) is 25.8 Å². The molecule has 4 nitrogen and oxygen atoms in total. The van der Waals surface area contributed by atoms with Gasteiger partial charge in [-0.25, -0.2) is 0 Å². The van der Waals surface area contributed by atoms with E-state index in [1.54, 1.807) is 0 Å². The van der Waals surface area contributed by atoms with Gasteiger partial charge in [-0.3, -0.25) is 4.79 Å². The molecule has 4 heteroatoms. The standard InChI is InChI=1S/C12H16N2O2/c1-3-12(2,13)8-4-5-10-9(6-8)14-11(15)7-16-10/h4-6H,3,7,13H2,1-2H3,(H,14,15). The highest BCUT2D eigenvalue weighted by molar-refractivity contribution is 5.95. The molecule has 3 N–H and O–H groups in total. The summed E-state index contributed by atoms with van der Waals surface area (Å²) >= 11 is 0. The molecule has 1 atom stereocenters. The Balaban J connectivity index is 2.38. The van der Waals surface area contributed by atoms with Crippen molar-refractivity contribution in [2.24, 2.45) is 5.73 Å². The van der Waals surface area contributed by atoms with Crippen LogP contribution in [-0.2, 0) is 10.3 Å². The van der Waals surface area contributed by atoms with Gasteiger partial charge in [-0.1, -0.05) is 13.0 Å². The van der Waals surface area contributed by atoms with Gasteiger partial charge in [0.2, 0.25) is 0 Å². The molecule has 0 fully saturated rings. The van der Waals surface area contributed by atoms with Crippen molar-refractivity contribution < 1.29 is 9.53 Å². The molecule has 1 heterocycles. The van der Waals surface area contributed by atoms with Crippen molar-refractivity contribution in [2.45, 2.75) is 25.8 Å². The molecular weight excluding hydrogens is 204 g/mol. The van der Waals surface area contributed by atoms with Gasteiger partial charge in [0.1, 0.15) is 5.75 Å². The van der Waals surface area contributed by atoms with E-state index in [4.69, 9.17) is 10.5 Å². The number of ether oxygens (including phenoxy) is 1. The SMILES string of the molecule is CCC(C)(N)c1ccc2c(c1)NC(=O)CO2. The number of benzene rings is 1. The van der Waals surface area contributed by atoms with Crippen LogP contribution in [0.3, 0.4) is 0 Å². The number of hydrogen-bond acceptors (Lipinski definition) is 3. The van der Waals surface area contributed by atoms with Crippen LogP contribution < -0.4 is 15.8 Å². The van der Waals surface area contributed by atoms with Crippen LogP contribution >= 0.6 is 0 Å². The van der Waals surface area contributed by atoms with Crippen molar-refractivity contribution in [1.82, 2.24) is 0 Å². The zero-order valence-electron chi connectivity index (χ0n) is 9.54. The van der Waals surface area contributed by atoms with E-state index in [2.05, 4.69) is 5.32 Å². The first-order valence-corrected chi connectivity index (χ1v) is 5.39. The highest BCUT2D eigenvalue weighted by Gasteiger charge is 2.22. The van der Waals surface area contributed by atoms with E-state index in [0.717, 1.165) is 12.0 Å². The summed E-state index contributed by atoms with van der Waals surface area (Å²) < 4.78 is 5.28. The zero-order chi connectivity index (χ0) is 11.8. The summed E-state index contributed by atoms with van der Waals surface area (Å²) in [6, 6.07) is 5.68. The average molecular weight is 220 g/mol. The largest absolute Gasteiger partial charge is 0.482 e. The predicted molar refractivity (Wildman–Crippen MR) is 62.4 cm³/mol. The van der Waals surface area contributed by atoms with Crippen molar-refractivity contribution >= 4 is 11.6 Å². The number of rotatable bonds is 2. The number of nitrogens with one attached hydrogen (secondary N) is 1. The number of carbonyl (C=O) groups excluding carboxylic acids is 1. The molecule has 1 aromatic carbocycles. The smallest absolute Gasteiger partial charge is 0.262 e. The Hall–Kier alpha value is -1.55. The van der Waals surface area contributed by atoms with Gasteiger partial charge in [-0.05, 0) is 31.0 Å². The monoisotopic (exact) mass is 220 g/mol. The molecule has 0 aliphatic carbocycles. The molecule has 0 radical (unpaired) electrons. The summed E-state index contributed by atoms with van der Waals surface area (Å²) in [5, 5.41) is 2.78. The third-order valence-electron chi connectivity index (χ3n) is 3.01. The van der Waals surface area contributed by atoms with Crippen molar-refractivity contribution in [3.63, 3.8) is 0 Å². The molecule has 0 bridgehead atoms.